The van der Waals surface area contributed by atoms with Crippen molar-refractivity contribution in [1.82, 2.24) is 4.98 Å². The number of nitrogens with one attached hydrogen (secondary N) is 1. The second-order valence-electron chi connectivity index (χ2n) is 3.56. The van der Waals surface area contributed by atoms with Crippen molar-refractivity contribution in [3.63, 3.8) is 0 Å². The Hall–Kier alpha value is -1.83. The van der Waals surface area contributed by atoms with Crippen LogP contribution >= 0.6 is 22.9 Å². The first-order valence-corrected chi connectivity index (χ1v) is 6.29. The number of thiophene rings is 1. The molecule has 3 nitrogen and oxygen atoms in total. The summed E-state index contributed by atoms with van der Waals surface area (Å²) in [7, 11) is 0. The van der Waals surface area contributed by atoms with Gasteiger partial charge in [-0.05, 0) is 25.1 Å². The minimum atomic E-state index is -0.242. The van der Waals surface area contributed by atoms with E-state index in [9.17, 15) is 4.79 Å². The third-order valence-corrected chi connectivity index (χ3v) is 3.64. The fourth-order valence-corrected chi connectivity index (χ4v) is 2.61. The van der Waals surface area contributed by atoms with Gasteiger partial charge in [0.25, 0.3) is 5.91 Å². The highest BCUT2D eigenvalue weighted by Crippen LogP contribution is 2.27. The fourth-order valence-electron chi connectivity index (χ4n) is 1.38. The van der Waals surface area contributed by atoms with Crippen LogP contribution in [0.15, 0.2) is 24.4 Å². The average molecular weight is 277 g/mol. The van der Waals surface area contributed by atoms with E-state index in [4.69, 9.17) is 18.0 Å². The van der Waals surface area contributed by atoms with Gasteiger partial charge in [-0.2, -0.15) is 0 Å². The molecule has 0 radical (unpaired) electrons. The van der Waals surface area contributed by atoms with Gasteiger partial charge in [0.2, 0.25) is 0 Å². The van der Waals surface area contributed by atoms with Crippen LogP contribution in [0.4, 0.5) is 5.69 Å². The number of carbonyl (C=O) groups is 1. The Balaban J connectivity index is 2.16. The quantitative estimate of drug-likeness (QED) is 0.855. The summed E-state index contributed by atoms with van der Waals surface area (Å²) >= 11 is 7.31. The maximum absolute atomic E-state index is 11.9. The third kappa shape index (κ3) is 2.70. The maximum atomic E-state index is 11.9. The Labute approximate surface area is 114 Å². The van der Waals surface area contributed by atoms with E-state index in [1.165, 1.54) is 17.5 Å². The molecule has 2 heterocycles. The minimum Gasteiger partial charge on any atom is -0.320 e. The van der Waals surface area contributed by atoms with Crippen molar-refractivity contribution in [2.45, 2.75) is 6.92 Å². The maximum Gasteiger partial charge on any atom is 0.267 e. The summed E-state index contributed by atoms with van der Waals surface area (Å²) < 4.78 is 0. The van der Waals surface area contributed by atoms with Crippen LogP contribution in [0.1, 0.15) is 20.2 Å². The fraction of sp³-hybridized carbons (Fsp3) is 0.0769. The molecule has 0 saturated carbocycles. The molecule has 2 aromatic heterocycles. The number of terminal acetylenes is 1. The number of pyridine rings is 1. The number of aryl methyl sites for hydroxylation is 1. The van der Waals surface area contributed by atoms with E-state index >= 15 is 0 Å². The lowest BCUT2D eigenvalue weighted by Gasteiger charge is -2.03. The van der Waals surface area contributed by atoms with Gasteiger partial charge >= 0.3 is 0 Å². The molecule has 2 rings (SSSR count). The zero-order valence-electron chi connectivity index (χ0n) is 9.53. The van der Waals surface area contributed by atoms with Gasteiger partial charge in [0.05, 0.1) is 16.9 Å². The summed E-state index contributed by atoms with van der Waals surface area (Å²) in [5.41, 5.74) is 1.11. The van der Waals surface area contributed by atoms with Gasteiger partial charge in [0.1, 0.15) is 10.6 Å². The highest BCUT2D eigenvalue weighted by atomic mass is 35.5. The van der Waals surface area contributed by atoms with Gasteiger partial charge in [-0.15, -0.1) is 17.8 Å². The van der Waals surface area contributed by atoms with E-state index in [1.54, 1.807) is 18.2 Å². The Bertz CT molecular complexity index is 625. The SMILES string of the molecule is C#Cc1ccc(NC(=O)c2sc(C)cc2Cl)cn1. The van der Waals surface area contributed by atoms with Crippen LogP contribution in [0.25, 0.3) is 0 Å². The molecule has 0 spiro atoms. The summed E-state index contributed by atoms with van der Waals surface area (Å²) in [5.74, 6) is 2.17. The van der Waals surface area contributed by atoms with E-state index in [1.807, 2.05) is 6.92 Å². The molecule has 0 aliphatic carbocycles. The molecule has 0 unspecified atom stereocenters. The van der Waals surface area contributed by atoms with Gasteiger partial charge in [-0.3, -0.25) is 4.79 Å². The lowest BCUT2D eigenvalue weighted by atomic mass is 10.3. The van der Waals surface area contributed by atoms with Crippen LogP contribution in [0, 0.1) is 19.3 Å². The molecule has 0 atom stereocenters. The highest BCUT2D eigenvalue weighted by Gasteiger charge is 2.13. The summed E-state index contributed by atoms with van der Waals surface area (Å²) in [6.07, 6.45) is 6.71. The zero-order chi connectivity index (χ0) is 13.1. The van der Waals surface area contributed by atoms with Crippen molar-refractivity contribution in [3.8, 4) is 12.3 Å². The molecule has 2 aromatic rings. The van der Waals surface area contributed by atoms with Crippen LogP contribution < -0.4 is 5.32 Å². The summed E-state index contributed by atoms with van der Waals surface area (Å²) in [4.78, 5) is 17.4. The lowest BCUT2D eigenvalue weighted by Crippen LogP contribution is -2.10. The Morgan fingerprint density at radius 3 is 2.83 bits per heavy atom. The van der Waals surface area contributed by atoms with Crippen molar-refractivity contribution < 1.29 is 4.79 Å². The molecule has 1 amide bonds. The van der Waals surface area contributed by atoms with Gasteiger partial charge in [0.15, 0.2) is 0 Å². The van der Waals surface area contributed by atoms with Crippen LogP contribution in [0.5, 0.6) is 0 Å². The predicted octanol–water partition coefficient (Wildman–Crippen LogP) is 3.34. The molecule has 0 fully saturated rings. The van der Waals surface area contributed by atoms with E-state index in [0.717, 1.165) is 4.88 Å². The molecule has 0 aromatic carbocycles. The van der Waals surface area contributed by atoms with Crippen LogP contribution in [-0.2, 0) is 0 Å². The molecular formula is C13H9ClN2OS. The van der Waals surface area contributed by atoms with Crippen LogP contribution in [-0.4, -0.2) is 10.9 Å². The summed E-state index contributed by atoms with van der Waals surface area (Å²) in [6, 6.07) is 5.13. The van der Waals surface area contributed by atoms with Gasteiger partial charge < -0.3 is 5.32 Å². The zero-order valence-corrected chi connectivity index (χ0v) is 11.1. The summed E-state index contributed by atoms with van der Waals surface area (Å²) in [6.45, 7) is 1.90. The molecule has 1 N–H and O–H groups in total. The average Bonchev–Trinajstić information content (AvgIpc) is 2.69. The van der Waals surface area contributed by atoms with Crippen LogP contribution in [0.2, 0.25) is 5.02 Å². The molecule has 5 heteroatoms. The molecular weight excluding hydrogens is 268 g/mol. The van der Waals surface area contributed by atoms with Gasteiger partial charge in [-0.1, -0.05) is 17.5 Å². The molecule has 0 bridgehead atoms. The largest absolute Gasteiger partial charge is 0.320 e. The van der Waals surface area contributed by atoms with Gasteiger partial charge in [0, 0.05) is 4.88 Å². The number of anilines is 1. The Morgan fingerprint density at radius 1 is 1.56 bits per heavy atom. The number of aromatic nitrogens is 1. The molecule has 18 heavy (non-hydrogen) atoms. The normalized spacial score (nSPS) is 9.83. The van der Waals surface area contributed by atoms with E-state index in [0.29, 0.717) is 21.3 Å². The van der Waals surface area contributed by atoms with E-state index < -0.39 is 0 Å². The Morgan fingerprint density at radius 2 is 2.33 bits per heavy atom. The second kappa shape index (κ2) is 5.21. The molecule has 90 valence electrons. The minimum absolute atomic E-state index is 0.242. The molecule has 0 saturated heterocycles. The van der Waals surface area contributed by atoms with Crippen molar-refractivity contribution in [3.05, 3.63) is 44.9 Å². The van der Waals surface area contributed by atoms with Crippen molar-refractivity contribution in [2.24, 2.45) is 0 Å². The number of hydrogen-bond donors (Lipinski definition) is 1. The first-order valence-electron chi connectivity index (χ1n) is 5.10. The first kappa shape index (κ1) is 12.6. The second-order valence-corrected chi connectivity index (χ2v) is 5.23. The van der Waals surface area contributed by atoms with Crippen LogP contribution in [0.3, 0.4) is 0 Å². The van der Waals surface area contributed by atoms with E-state index in [-0.39, 0.29) is 5.91 Å². The summed E-state index contributed by atoms with van der Waals surface area (Å²) in [5, 5.41) is 3.18. The smallest absolute Gasteiger partial charge is 0.267 e. The number of carbonyl (C=O) groups excluding carboxylic acids is 1. The number of nitrogens with zero attached hydrogens (tertiary/aromatic N) is 1. The Kier molecular flexibility index (Phi) is 3.66. The number of hydrogen-bond acceptors (Lipinski definition) is 3. The highest BCUT2D eigenvalue weighted by molar-refractivity contribution is 7.14. The monoisotopic (exact) mass is 276 g/mol. The standard InChI is InChI=1S/C13H9ClN2OS/c1-3-9-4-5-10(7-15-9)16-13(17)12-11(14)6-8(2)18-12/h1,4-7H,2H3,(H,16,17). The topological polar surface area (TPSA) is 42.0 Å². The first-order chi connectivity index (χ1) is 8.60. The lowest BCUT2D eigenvalue weighted by molar-refractivity contribution is 0.103. The molecule has 0 aliphatic rings. The van der Waals surface area contributed by atoms with E-state index in [2.05, 4.69) is 16.2 Å². The van der Waals surface area contributed by atoms with Crippen molar-refractivity contribution in [1.29, 1.82) is 0 Å². The van der Waals surface area contributed by atoms with Crippen molar-refractivity contribution >= 4 is 34.5 Å². The number of rotatable bonds is 2. The molecule has 0 aliphatic heterocycles. The predicted molar refractivity (Wildman–Crippen MR) is 74.2 cm³/mol. The van der Waals surface area contributed by atoms with Gasteiger partial charge in [-0.25, -0.2) is 4.98 Å². The third-order valence-electron chi connectivity index (χ3n) is 2.19. The number of amides is 1. The van der Waals surface area contributed by atoms with Crippen molar-refractivity contribution in [2.75, 3.05) is 5.32 Å². The number of halogens is 1.